The minimum atomic E-state index is 0.109. The maximum atomic E-state index is 9.46. The zero-order chi connectivity index (χ0) is 11.4. The van der Waals surface area contributed by atoms with Crippen LogP contribution in [0.15, 0.2) is 39.6 Å². The van der Waals surface area contributed by atoms with Crippen LogP contribution in [-0.2, 0) is 6.42 Å². The van der Waals surface area contributed by atoms with Gasteiger partial charge in [0.15, 0.2) is 0 Å². The van der Waals surface area contributed by atoms with Gasteiger partial charge in [-0.1, -0.05) is 34.1 Å². The molecule has 0 spiro atoms. The first kappa shape index (κ1) is 11.8. The van der Waals surface area contributed by atoms with Gasteiger partial charge in [0.05, 0.1) is 17.8 Å². The molecule has 2 nitrogen and oxygen atoms in total. The smallest absolute Gasteiger partial charge is 0.0794 e. The minimum Gasteiger partial charge on any atom is -0.396 e. The molecule has 84 valence electrons. The Hall–Kier alpha value is -0.710. The molecular weight excluding hydrogens is 286 g/mol. The standard InChI is InChI=1S/C12H12BrNOS/c13-12-4-2-1-3-11(12)9(6-15)5-10-7-16-8-14-10/h1-4,7-9,15H,5-6H2. The van der Waals surface area contributed by atoms with E-state index in [1.165, 1.54) is 0 Å². The second kappa shape index (κ2) is 5.57. The summed E-state index contributed by atoms with van der Waals surface area (Å²) in [5.74, 6) is 0.109. The van der Waals surface area contributed by atoms with E-state index in [2.05, 4.69) is 20.9 Å². The van der Waals surface area contributed by atoms with E-state index >= 15 is 0 Å². The molecule has 1 atom stereocenters. The summed E-state index contributed by atoms with van der Waals surface area (Å²) in [5, 5.41) is 11.5. The molecule has 1 heterocycles. The number of aliphatic hydroxyl groups is 1. The summed E-state index contributed by atoms with van der Waals surface area (Å²) in [6.45, 7) is 0.139. The van der Waals surface area contributed by atoms with Crippen LogP contribution >= 0.6 is 27.3 Å². The second-order valence-electron chi connectivity index (χ2n) is 3.58. The van der Waals surface area contributed by atoms with Crippen molar-refractivity contribution in [3.8, 4) is 0 Å². The van der Waals surface area contributed by atoms with Crippen molar-refractivity contribution in [3.05, 3.63) is 50.9 Å². The molecule has 2 aromatic rings. The van der Waals surface area contributed by atoms with Crippen molar-refractivity contribution in [1.82, 2.24) is 4.98 Å². The summed E-state index contributed by atoms with van der Waals surface area (Å²) in [4.78, 5) is 4.25. The lowest BCUT2D eigenvalue weighted by Crippen LogP contribution is -2.08. The van der Waals surface area contributed by atoms with Crippen molar-refractivity contribution in [2.24, 2.45) is 0 Å². The van der Waals surface area contributed by atoms with E-state index < -0.39 is 0 Å². The fraction of sp³-hybridized carbons (Fsp3) is 0.250. The Morgan fingerprint density at radius 1 is 1.38 bits per heavy atom. The summed E-state index contributed by atoms with van der Waals surface area (Å²) in [7, 11) is 0. The first-order valence-electron chi connectivity index (χ1n) is 5.03. The number of hydrogen-bond donors (Lipinski definition) is 1. The number of hydrogen-bond acceptors (Lipinski definition) is 3. The highest BCUT2D eigenvalue weighted by atomic mass is 79.9. The molecule has 0 fully saturated rings. The van der Waals surface area contributed by atoms with E-state index in [1.54, 1.807) is 11.3 Å². The molecule has 4 heteroatoms. The summed E-state index contributed by atoms with van der Waals surface area (Å²) in [5.41, 5.74) is 4.00. The molecule has 0 radical (unpaired) electrons. The van der Waals surface area contributed by atoms with E-state index in [0.29, 0.717) is 0 Å². The highest BCUT2D eigenvalue weighted by Gasteiger charge is 2.14. The number of rotatable bonds is 4. The first-order valence-corrected chi connectivity index (χ1v) is 6.77. The van der Waals surface area contributed by atoms with E-state index in [-0.39, 0.29) is 12.5 Å². The van der Waals surface area contributed by atoms with Crippen molar-refractivity contribution >= 4 is 27.3 Å². The first-order chi connectivity index (χ1) is 7.81. The number of nitrogens with zero attached hydrogens (tertiary/aromatic N) is 1. The zero-order valence-electron chi connectivity index (χ0n) is 8.64. The van der Waals surface area contributed by atoms with Gasteiger partial charge in [-0.25, -0.2) is 4.98 Å². The molecule has 1 N–H and O–H groups in total. The molecule has 1 aromatic heterocycles. The SMILES string of the molecule is OCC(Cc1cscn1)c1ccccc1Br. The largest absolute Gasteiger partial charge is 0.396 e. The molecule has 0 saturated heterocycles. The van der Waals surface area contributed by atoms with Crippen molar-refractivity contribution in [2.45, 2.75) is 12.3 Å². The lowest BCUT2D eigenvalue weighted by atomic mass is 9.95. The van der Waals surface area contributed by atoms with Crippen LogP contribution in [0, 0.1) is 0 Å². The zero-order valence-corrected chi connectivity index (χ0v) is 11.0. The summed E-state index contributed by atoms with van der Waals surface area (Å²) in [6, 6.07) is 8.00. The highest BCUT2D eigenvalue weighted by Crippen LogP contribution is 2.27. The average Bonchev–Trinajstić information content (AvgIpc) is 2.80. The second-order valence-corrected chi connectivity index (χ2v) is 5.16. The van der Waals surface area contributed by atoms with E-state index in [1.807, 2.05) is 35.2 Å². The molecule has 16 heavy (non-hydrogen) atoms. The lowest BCUT2D eigenvalue weighted by molar-refractivity contribution is 0.263. The number of halogens is 1. The van der Waals surface area contributed by atoms with Crippen LogP contribution in [0.3, 0.4) is 0 Å². The van der Waals surface area contributed by atoms with Gasteiger partial charge in [-0.05, 0) is 18.1 Å². The van der Waals surface area contributed by atoms with Crippen LogP contribution in [0.25, 0.3) is 0 Å². The molecule has 0 bridgehead atoms. The van der Waals surface area contributed by atoms with Gasteiger partial charge >= 0.3 is 0 Å². The van der Waals surface area contributed by atoms with Crippen LogP contribution in [0.1, 0.15) is 17.2 Å². The Bertz CT molecular complexity index is 444. The summed E-state index contributed by atoms with van der Waals surface area (Å²) >= 11 is 5.10. The Labute approximate surface area is 107 Å². The topological polar surface area (TPSA) is 33.1 Å². The van der Waals surface area contributed by atoms with Crippen molar-refractivity contribution in [3.63, 3.8) is 0 Å². The van der Waals surface area contributed by atoms with Crippen molar-refractivity contribution in [1.29, 1.82) is 0 Å². The Morgan fingerprint density at radius 3 is 2.81 bits per heavy atom. The summed E-state index contributed by atoms with van der Waals surface area (Å²) in [6.07, 6.45) is 0.780. The van der Waals surface area contributed by atoms with Gasteiger partial charge in [-0.3, -0.25) is 0 Å². The van der Waals surface area contributed by atoms with Gasteiger partial charge in [-0.2, -0.15) is 0 Å². The molecule has 1 aromatic carbocycles. The fourth-order valence-electron chi connectivity index (χ4n) is 1.67. The molecule has 0 aliphatic heterocycles. The van der Waals surface area contributed by atoms with Gasteiger partial charge in [0.1, 0.15) is 0 Å². The molecule has 0 aliphatic carbocycles. The Balaban J connectivity index is 2.20. The quantitative estimate of drug-likeness (QED) is 0.940. The Kier molecular flexibility index (Phi) is 4.09. The predicted molar refractivity (Wildman–Crippen MR) is 69.8 cm³/mol. The highest BCUT2D eigenvalue weighted by molar-refractivity contribution is 9.10. The van der Waals surface area contributed by atoms with Crippen molar-refractivity contribution < 1.29 is 5.11 Å². The molecule has 2 rings (SSSR count). The van der Waals surface area contributed by atoms with E-state index in [9.17, 15) is 5.11 Å². The third-order valence-corrected chi connectivity index (χ3v) is 3.86. The van der Waals surface area contributed by atoms with Crippen LogP contribution < -0.4 is 0 Å². The molecule has 0 aliphatic rings. The molecule has 0 amide bonds. The normalized spacial score (nSPS) is 12.6. The molecular formula is C12H12BrNOS. The maximum Gasteiger partial charge on any atom is 0.0794 e. The van der Waals surface area contributed by atoms with Gasteiger partial charge in [0.25, 0.3) is 0 Å². The minimum absolute atomic E-state index is 0.109. The van der Waals surface area contributed by atoms with Crippen LogP contribution in [0.5, 0.6) is 0 Å². The number of aromatic nitrogens is 1. The Morgan fingerprint density at radius 2 is 2.19 bits per heavy atom. The average molecular weight is 298 g/mol. The monoisotopic (exact) mass is 297 g/mol. The predicted octanol–water partition coefficient (Wildman–Crippen LogP) is 3.22. The van der Waals surface area contributed by atoms with Gasteiger partial charge in [0.2, 0.25) is 0 Å². The molecule has 1 unspecified atom stereocenters. The van der Waals surface area contributed by atoms with Gasteiger partial charge < -0.3 is 5.11 Å². The van der Waals surface area contributed by atoms with Gasteiger partial charge in [0, 0.05) is 15.8 Å². The van der Waals surface area contributed by atoms with E-state index in [4.69, 9.17) is 0 Å². The number of thiazole rings is 1. The number of aliphatic hydroxyl groups excluding tert-OH is 1. The van der Waals surface area contributed by atoms with E-state index in [0.717, 1.165) is 22.2 Å². The third-order valence-electron chi connectivity index (χ3n) is 2.50. The summed E-state index contributed by atoms with van der Waals surface area (Å²) < 4.78 is 1.05. The van der Waals surface area contributed by atoms with Gasteiger partial charge in [-0.15, -0.1) is 11.3 Å². The van der Waals surface area contributed by atoms with Crippen LogP contribution in [0.2, 0.25) is 0 Å². The third kappa shape index (κ3) is 2.70. The lowest BCUT2D eigenvalue weighted by Gasteiger charge is -2.14. The fourth-order valence-corrected chi connectivity index (χ4v) is 2.85. The van der Waals surface area contributed by atoms with Crippen LogP contribution in [-0.4, -0.2) is 16.7 Å². The molecule has 0 saturated carbocycles. The van der Waals surface area contributed by atoms with Crippen molar-refractivity contribution in [2.75, 3.05) is 6.61 Å². The number of benzene rings is 1. The maximum absolute atomic E-state index is 9.46. The van der Waals surface area contributed by atoms with Crippen LogP contribution in [0.4, 0.5) is 0 Å².